The molecular weight excluding hydrogens is 232 g/mol. The molecule has 0 bridgehead atoms. The predicted octanol–water partition coefficient (Wildman–Crippen LogP) is 2.44. The van der Waals surface area contributed by atoms with Crippen LogP contribution in [0.25, 0.3) is 0 Å². The summed E-state index contributed by atoms with van der Waals surface area (Å²) in [6, 6.07) is 1.42. The molecule has 5 heteroatoms. The molecule has 0 saturated heterocycles. The van der Waals surface area contributed by atoms with Gasteiger partial charge in [-0.25, -0.2) is 9.59 Å². The number of rotatable bonds is 3. The number of hydrogen-bond acceptors (Lipinski definition) is 2. The summed E-state index contributed by atoms with van der Waals surface area (Å²) in [6.45, 7) is 3.11. The number of hydrogen-bond donors (Lipinski definition) is 2. The highest BCUT2D eigenvalue weighted by molar-refractivity contribution is 6.17. The van der Waals surface area contributed by atoms with E-state index in [1.54, 1.807) is 6.92 Å². The molecule has 0 heterocycles. The van der Waals surface area contributed by atoms with E-state index in [4.69, 9.17) is 21.8 Å². The molecule has 0 aliphatic heterocycles. The van der Waals surface area contributed by atoms with Crippen LogP contribution in [0.4, 0.5) is 0 Å². The maximum atomic E-state index is 11.0. The molecule has 2 N–H and O–H groups in total. The highest BCUT2D eigenvalue weighted by Crippen LogP contribution is 2.24. The molecule has 0 saturated carbocycles. The summed E-state index contributed by atoms with van der Waals surface area (Å²) in [6.07, 6.45) is 0. The smallest absolute Gasteiger partial charge is 0.336 e. The Kier molecular flexibility index (Phi) is 3.55. The Morgan fingerprint density at radius 3 is 2.12 bits per heavy atom. The van der Waals surface area contributed by atoms with Crippen molar-refractivity contribution < 1.29 is 19.8 Å². The third-order valence-corrected chi connectivity index (χ3v) is 2.83. The van der Waals surface area contributed by atoms with Crippen molar-refractivity contribution in [1.82, 2.24) is 0 Å². The van der Waals surface area contributed by atoms with Gasteiger partial charge in [0.25, 0.3) is 0 Å². The fraction of sp³-hybridized carbons (Fsp3) is 0.273. The number of carbonyl (C=O) groups is 2. The van der Waals surface area contributed by atoms with Gasteiger partial charge in [0, 0.05) is 5.88 Å². The Balaban J connectivity index is 3.64. The van der Waals surface area contributed by atoms with E-state index in [0.717, 1.165) is 0 Å². The van der Waals surface area contributed by atoms with E-state index in [2.05, 4.69) is 0 Å². The van der Waals surface area contributed by atoms with Crippen LogP contribution < -0.4 is 0 Å². The van der Waals surface area contributed by atoms with Crippen LogP contribution in [0.2, 0.25) is 0 Å². The van der Waals surface area contributed by atoms with E-state index in [0.29, 0.717) is 11.1 Å². The number of carboxylic acids is 2. The second-order valence-corrected chi connectivity index (χ2v) is 3.72. The second-order valence-electron chi connectivity index (χ2n) is 3.45. The first-order chi connectivity index (χ1) is 7.40. The summed E-state index contributed by atoms with van der Waals surface area (Å²) < 4.78 is 0. The van der Waals surface area contributed by atoms with E-state index >= 15 is 0 Å². The van der Waals surface area contributed by atoms with Gasteiger partial charge in [0.1, 0.15) is 0 Å². The molecule has 1 aromatic rings. The molecular formula is C11H11ClO4. The van der Waals surface area contributed by atoms with Crippen molar-refractivity contribution in [3.05, 3.63) is 33.9 Å². The highest BCUT2D eigenvalue weighted by atomic mass is 35.5. The zero-order valence-corrected chi connectivity index (χ0v) is 9.63. The van der Waals surface area contributed by atoms with Gasteiger partial charge in [0.15, 0.2) is 0 Å². The Morgan fingerprint density at radius 1 is 1.19 bits per heavy atom. The Labute approximate surface area is 97.5 Å². The van der Waals surface area contributed by atoms with Crippen molar-refractivity contribution in [2.24, 2.45) is 0 Å². The SMILES string of the molecule is Cc1c(CCl)cc(C(=O)O)c(C)c1C(=O)O. The standard InChI is InChI=1S/C11H11ClO4/c1-5-7(4-12)3-8(10(13)14)6(2)9(5)11(15)16/h3H,4H2,1-2H3,(H,13,14)(H,15,16). The van der Waals surface area contributed by atoms with Gasteiger partial charge in [-0.05, 0) is 36.6 Å². The van der Waals surface area contributed by atoms with Crippen molar-refractivity contribution in [2.45, 2.75) is 19.7 Å². The lowest BCUT2D eigenvalue weighted by Crippen LogP contribution is -2.11. The van der Waals surface area contributed by atoms with Crippen molar-refractivity contribution >= 4 is 23.5 Å². The van der Waals surface area contributed by atoms with Crippen LogP contribution in [-0.4, -0.2) is 22.2 Å². The predicted molar refractivity (Wildman–Crippen MR) is 59.4 cm³/mol. The minimum Gasteiger partial charge on any atom is -0.478 e. The lowest BCUT2D eigenvalue weighted by atomic mass is 9.93. The number of alkyl halides is 1. The monoisotopic (exact) mass is 242 g/mol. The molecule has 16 heavy (non-hydrogen) atoms. The zero-order chi connectivity index (χ0) is 12.5. The number of halogens is 1. The fourth-order valence-electron chi connectivity index (χ4n) is 1.65. The molecule has 0 unspecified atom stereocenters. The maximum absolute atomic E-state index is 11.0. The first kappa shape index (κ1) is 12.5. The Hall–Kier alpha value is -1.55. The second kappa shape index (κ2) is 4.53. The van der Waals surface area contributed by atoms with Crippen molar-refractivity contribution in [2.75, 3.05) is 0 Å². The highest BCUT2D eigenvalue weighted by Gasteiger charge is 2.20. The molecule has 4 nitrogen and oxygen atoms in total. The van der Waals surface area contributed by atoms with Crippen LogP contribution >= 0.6 is 11.6 Å². The van der Waals surface area contributed by atoms with Crippen LogP contribution in [0.15, 0.2) is 6.07 Å². The van der Waals surface area contributed by atoms with Gasteiger partial charge in [0.05, 0.1) is 11.1 Å². The normalized spacial score (nSPS) is 10.2. The van der Waals surface area contributed by atoms with Gasteiger partial charge in [-0.1, -0.05) is 0 Å². The summed E-state index contributed by atoms with van der Waals surface area (Å²) in [5.74, 6) is -2.19. The van der Waals surface area contributed by atoms with E-state index in [-0.39, 0.29) is 22.6 Å². The van der Waals surface area contributed by atoms with Crippen molar-refractivity contribution in [3.8, 4) is 0 Å². The third kappa shape index (κ3) is 2.02. The first-order valence-corrected chi connectivity index (χ1v) is 5.09. The molecule has 0 aromatic heterocycles. The summed E-state index contributed by atoms with van der Waals surface area (Å²) >= 11 is 5.65. The fourth-order valence-corrected chi connectivity index (χ4v) is 1.93. The molecule has 1 aromatic carbocycles. The van der Waals surface area contributed by atoms with Gasteiger partial charge in [-0.3, -0.25) is 0 Å². The number of carboxylic acid groups (broad SMARTS) is 2. The van der Waals surface area contributed by atoms with E-state index < -0.39 is 11.9 Å². The summed E-state index contributed by atoms with van der Waals surface area (Å²) in [5, 5.41) is 18.0. The zero-order valence-electron chi connectivity index (χ0n) is 8.87. The summed E-state index contributed by atoms with van der Waals surface area (Å²) in [5.41, 5.74) is 1.31. The molecule has 0 amide bonds. The molecule has 0 atom stereocenters. The van der Waals surface area contributed by atoms with Crippen LogP contribution in [0.1, 0.15) is 37.4 Å². The van der Waals surface area contributed by atoms with Crippen LogP contribution in [-0.2, 0) is 5.88 Å². The Bertz CT molecular complexity index is 466. The lowest BCUT2D eigenvalue weighted by Gasteiger charge is -2.12. The van der Waals surface area contributed by atoms with Crippen LogP contribution in [0.5, 0.6) is 0 Å². The lowest BCUT2D eigenvalue weighted by molar-refractivity contribution is 0.0695. The molecule has 0 spiro atoms. The van der Waals surface area contributed by atoms with Gasteiger partial charge >= 0.3 is 11.9 Å². The van der Waals surface area contributed by atoms with Gasteiger partial charge in [-0.2, -0.15) is 0 Å². The maximum Gasteiger partial charge on any atom is 0.336 e. The average molecular weight is 243 g/mol. The molecule has 0 aliphatic rings. The minimum absolute atomic E-state index is 0.0151. The van der Waals surface area contributed by atoms with E-state index in [9.17, 15) is 9.59 Å². The molecule has 0 fully saturated rings. The summed E-state index contributed by atoms with van der Waals surface area (Å²) in [7, 11) is 0. The molecule has 86 valence electrons. The number of benzene rings is 1. The molecule has 0 radical (unpaired) electrons. The van der Waals surface area contributed by atoms with E-state index in [1.807, 2.05) is 0 Å². The van der Waals surface area contributed by atoms with Gasteiger partial charge in [0.2, 0.25) is 0 Å². The minimum atomic E-state index is -1.15. The largest absolute Gasteiger partial charge is 0.478 e. The Morgan fingerprint density at radius 2 is 1.75 bits per heavy atom. The molecule has 0 aliphatic carbocycles. The quantitative estimate of drug-likeness (QED) is 0.799. The van der Waals surface area contributed by atoms with Gasteiger partial charge < -0.3 is 10.2 Å². The first-order valence-electron chi connectivity index (χ1n) is 4.55. The van der Waals surface area contributed by atoms with Crippen LogP contribution in [0.3, 0.4) is 0 Å². The van der Waals surface area contributed by atoms with E-state index in [1.165, 1.54) is 13.0 Å². The average Bonchev–Trinajstić information content (AvgIpc) is 2.16. The molecule has 1 rings (SSSR count). The van der Waals surface area contributed by atoms with Gasteiger partial charge in [-0.15, -0.1) is 11.6 Å². The summed E-state index contributed by atoms with van der Waals surface area (Å²) in [4.78, 5) is 22.0. The van der Waals surface area contributed by atoms with Crippen LogP contribution in [0, 0.1) is 13.8 Å². The van der Waals surface area contributed by atoms with Crippen molar-refractivity contribution in [1.29, 1.82) is 0 Å². The van der Waals surface area contributed by atoms with Crippen molar-refractivity contribution in [3.63, 3.8) is 0 Å². The third-order valence-electron chi connectivity index (χ3n) is 2.54. The topological polar surface area (TPSA) is 74.6 Å². The number of aromatic carboxylic acids is 2.